The lowest BCUT2D eigenvalue weighted by atomic mass is 9.87. The molecule has 2 N–H and O–H groups in total. The van der Waals surface area contributed by atoms with Gasteiger partial charge in [0.1, 0.15) is 0 Å². The number of rotatable bonds is 5. The molecule has 0 fully saturated rings. The van der Waals surface area contributed by atoms with Crippen LogP contribution in [0.2, 0.25) is 0 Å². The minimum absolute atomic E-state index is 0.112. The van der Waals surface area contributed by atoms with Gasteiger partial charge < -0.3 is 5.73 Å². The lowest BCUT2D eigenvalue weighted by Crippen LogP contribution is -2.13. The van der Waals surface area contributed by atoms with E-state index in [9.17, 15) is 8.78 Å². The molecule has 1 nitrogen and oxygen atoms in total. The van der Waals surface area contributed by atoms with E-state index in [1.165, 1.54) is 6.20 Å². The van der Waals surface area contributed by atoms with Gasteiger partial charge in [-0.15, -0.1) is 0 Å². The Labute approximate surface area is 137 Å². The van der Waals surface area contributed by atoms with Crippen molar-refractivity contribution in [3.05, 3.63) is 39.0 Å². The van der Waals surface area contributed by atoms with Crippen molar-refractivity contribution in [1.29, 1.82) is 0 Å². The lowest BCUT2D eigenvalue weighted by molar-refractivity contribution is 0.125. The van der Waals surface area contributed by atoms with Crippen LogP contribution < -0.4 is 5.73 Å². The Bertz CT molecular complexity index is 539. The highest BCUT2D eigenvalue weighted by atomic mass is 127. The molecule has 0 aromatic heterocycles. The summed E-state index contributed by atoms with van der Waals surface area (Å²) in [5, 5.41) is 0. The molecule has 0 bridgehead atoms. The summed E-state index contributed by atoms with van der Waals surface area (Å²) in [6.45, 7) is 5.93. The molecule has 0 aliphatic heterocycles. The minimum atomic E-state index is -2.82. The van der Waals surface area contributed by atoms with E-state index in [4.69, 9.17) is 5.73 Å². The van der Waals surface area contributed by atoms with Crippen LogP contribution in [-0.2, 0) is 10.4 Å². The molecule has 0 heterocycles. The van der Waals surface area contributed by atoms with Crippen molar-refractivity contribution in [2.45, 2.75) is 37.0 Å². The summed E-state index contributed by atoms with van der Waals surface area (Å²) in [4.78, 5) is 0. The van der Waals surface area contributed by atoms with E-state index < -0.39 is 24.7 Å². The smallest absolute Gasteiger partial charge is 0.317 e. The number of alkyl halides is 3. The first kappa shape index (κ1) is 17.8. The molecule has 0 aliphatic carbocycles. The number of benzene rings is 1. The largest absolute Gasteiger partial charge is 0.405 e. The van der Waals surface area contributed by atoms with E-state index in [0.29, 0.717) is 10.9 Å². The molecular weight excluding hydrogens is 439 g/mol. The van der Waals surface area contributed by atoms with E-state index in [1.807, 2.05) is 20.8 Å². The van der Waals surface area contributed by atoms with Gasteiger partial charge in [0.25, 0.3) is 0 Å². The zero-order valence-electron chi connectivity index (χ0n) is 11.8. The van der Waals surface area contributed by atoms with Gasteiger partial charge in [0, 0.05) is 10.0 Å². The Hall–Kier alpha value is -0.300. The number of nitrogens with two attached hydrogens (primary N) is 1. The maximum Gasteiger partial charge on any atom is 0.317 e. The third-order valence-electron chi connectivity index (χ3n) is 3.12. The molecule has 20 heavy (non-hydrogen) atoms. The van der Waals surface area contributed by atoms with Crippen molar-refractivity contribution in [1.82, 2.24) is 0 Å². The van der Waals surface area contributed by atoms with Gasteiger partial charge in [-0.25, -0.2) is 0 Å². The molecule has 0 radical (unpaired) electrons. The fourth-order valence-electron chi connectivity index (χ4n) is 2.40. The van der Waals surface area contributed by atoms with Crippen LogP contribution in [-0.4, -0.2) is 4.51 Å². The van der Waals surface area contributed by atoms with Gasteiger partial charge in [0.05, 0.1) is 0 Å². The average molecular weight is 458 g/mol. The Morgan fingerprint density at radius 1 is 1.50 bits per heavy atom. The number of hydrogen-bond acceptors (Lipinski definition) is 1. The number of hydrogen-bond donors (Lipinski definition) is 1. The highest BCUT2D eigenvalue weighted by molar-refractivity contribution is 14.2. The Balaban J connectivity index is 3.80. The van der Waals surface area contributed by atoms with Crippen LogP contribution >= 0.6 is 36.7 Å². The third-order valence-corrected chi connectivity index (χ3v) is 5.24. The van der Waals surface area contributed by atoms with E-state index in [1.54, 1.807) is 12.1 Å². The first-order valence-corrected chi connectivity index (χ1v) is 9.71. The van der Waals surface area contributed by atoms with E-state index in [0.717, 1.165) is 16.7 Å². The molecule has 1 aromatic carbocycles. The Morgan fingerprint density at radius 2 is 2.10 bits per heavy atom. The lowest BCUT2D eigenvalue weighted by Gasteiger charge is -2.24. The normalized spacial score (nSPS) is 12.6. The molecule has 1 aromatic rings. The van der Waals surface area contributed by atoms with Gasteiger partial charge in [-0.3, -0.25) is 0 Å². The van der Waals surface area contributed by atoms with E-state index in [-0.39, 0.29) is 11.5 Å². The summed E-state index contributed by atoms with van der Waals surface area (Å²) < 4.78 is 29.6. The molecule has 0 unspecified atom stereocenters. The van der Waals surface area contributed by atoms with Gasteiger partial charge in [-0.1, -0.05) is 41.2 Å². The van der Waals surface area contributed by atoms with Crippen molar-refractivity contribution in [3.63, 3.8) is 0 Å². The third kappa shape index (κ3) is 3.47. The topological polar surface area (TPSA) is 26.0 Å². The summed E-state index contributed by atoms with van der Waals surface area (Å²) >= 11 is 1.84. The molecule has 112 valence electrons. The first-order chi connectivity index (χ1) is 9.30. The SMILES string of the molecule is C=IC(F)(F)c1c(Br)cc(C=CN)c(C(C)C)c1CC. The van der Waals surface area contributed by atoms with Crippen molar-refractivity contribution in [2.75, 3.05) is 0 Å². The van der Waals surface area contributed by atoms with Crippen LogP contribution in [0.3, 0.4) is 0 Å². The van der Waals surface area contributed by atoms with Crippen LogP contribution in [0.15, 0.2) is 16.7 Å². The second kappa shape index (κ2) is 7.11. The number of halogens is 4. The maximum atomic E-state index is 14.3. The van der Waals surface area contributed by atoms with Crippen molar-refractivity contribution >= 4 is 47.3 Å². The molecular formula is C15H19BrF2IN. The fourth-order valence-corrected chi connectivity index (χ4v) is 4.51. The average Bonchev–Trinajstić information content (AvgIpc) is 2.37. The van der Waals surface area contributed by atoms with Crippen molar-refractivity contribution in [2.24, 2.45) is 5.73 Å². The van der Waals surface area contributed by atoms with Crippen LogP contribution in [0.4, 0.5) is 8.78 Å². The summed E-state index contributed by atoms with van der Waals surface area (Å²) in [6, 6.07) is 1.74. The van der Waals surface area contributed by atoms with Gasteiger partial charge in [-0.2, -0.15) is 8.78 Å². The molecule has 0 aliphatic rings. The molecule has 0 saturated carbocycles. The molecule has 1 rings (SSSR count). The van der Waals surface area contributed by atoms with Gasteiger partial charge in [0.2, 0.25) is 0 Å². The van der Waals surface area contributed by atoms with Crippen LogP contribution in [0.25, 0.3) is 6.08 Å². The molecule has 0 amide bonds. The standard InChI is InChI=1S/C15H19BrF2IN/c1-5-11-13(9(2)3)10(6-7-20)8-12(16)14(11)15(17,18)19-4/h6-9H,4-5,20H2,1-3H3. The predicted octanol–water partition coefficient (Wildman–Crippen LogP) is 5.52. The zero-order valence-corrected chi connectivity index (χ0v) is 15.6. The summed E-state index contributed by atoms with van der Waals surface area (Å²) in [5.74, 6) is 0.154. The van der Waals surface area contributed by atoms with E-state index >= 15 is 0 Å². The molecule has 5 heteroatoms. The monoisotopic (exact) mass is 457 g/mol. The highest BCUT2D eigenvalue weighted by Gasteiger charge is 2.35. The first-order valence-electron chi connectivity index (χ1n) is 6.31. The Kier molecular flexibility index (Phi) is 6.31. The second-order valence-corrected chi connectivity index (χ2v) is 7.69. The molecule has 0 saturated heterocycles. The molecule has 0 atom stereocenters. The summed E-state index contributed by atoms with van der Waals surface area (Å²) in [6.07, 6.45) is 3.77. The zero-order chi connectivity index (χ0) is 15.5. The van der Waals surface area contributed by atoms with E-state index in [2.05, 4.69) is 20.4 Å². The van der Waals surface area contributed by atoms with Crippen LogP contribution in [0.5, 0.6) is 0 Å². The van der Waals surface area contributed by atoms with Crippen molar-refractivity contribution in [3.8, 4) is 0 Å². The summed E-state index contributed by atoms with van der Waals surface area (Å²) in [5.41, 5.74) is 8.15. The maximum absolute atomic E-state index is 14.3. The predicted molar refractivity (Wildman–Crippen MR) is 95.9 cm³/mol. The highest BCUT2D eigenvalue weighted by Crippen LogP contribution is 2.47. The van der Waals surface area contributed by atoms with Gasteiger partial charge in [0.15, 0.2) is 0 Å². The van der Waals surface area contributed by atoms with Gasteiger partial charge >= 0.3 is 3.93 Å². The van der Waals surface area contributed by atoms with Crippen LogP contribution in [0, 0.1) is 0 Å². The Morgan fingerprint density at radius 3 is 2.50 bits per heavy atom. The van der Waals surface area contributed by atoms with Gasteiger partial charge in [-0.05, 0) is 68.1 Å². The summed E-state index contributed by atoms with van der Waals surface area (Å²) in [7, 11) is 0. The molecule has 0 spiro atoms. The quantitative estimate of drug-likeness (QED) is 0.457. The second-order valence-electron chi connectivity index (χ2n) is 4.71. The minimum Gasteiger partial charge on any atom is -0.405 e. The van der Waals surface area contributed by atoms with Crippen molar-refractivity contribution < 1.29 is 8.78 Å². The fraction of sp³-hybridized carbons (Fsp3) is 0.400. The van der Waals surface area contributed by atoms with Crippen LogP contribution in [0.1, 0.15) is 48.9 Å².